The number of hydrogen-bond acceptors (Lipinski definition) is 8. The minimum absolute atomic E-state index is 0.0924. The molecule has 2 saturated carbocycles. The molecule has 2 heterocycles. The van der Waals surface area contributed by atoms with Crippen molar-refractivity contribution < 1.29 is 38.0 Å². The van der Waals surface area contributed by atoms with Crippen LogP contribution in [0.15, 0.2) is 36.9 Å². The third kappa shape index (κ3) is 6.20. The van der Waals surface area contributed by atoms with E-state index in [0.29, 0.717) is 58.7 Å². The quantitative estimate of drug-likeness (QED) is 0.386. The maximum absolute atomic E-state index is 12.2. The molecule has 0 radical (unpaired) electrons. The topological polar surface area (TPSA) is 81.7 Å². The van der Waals surface area contributed by atoms with E-state index in [9.17, 15) is 4.79 Å². The number of esters is 1. The largest absolute Gasteiger partial charge is 0.497 e. The zero-order valence-electron chi connectivity index (χ0n) is 21.9. The highest BCUT2D eigenvalue weighted by Crippen LogP contribution is 2.46. The van der Waals surface area contributed by atoms with E-state index in [1.54, 1.807) is 13.2 Å². The predicted molar refractivity (Wildman–Crippen MR) is 135 cm³/mol. The van der Waals surface area contributed by atoms with Gasteiger partial charge in [0.25, 0.3) is 0 Å². The van der Waals surface area contributed by atoms with Gasteiger partial charge in [-0.25, -0.2) is 0 Å². The second kappa shape index (κ2) is 11.4. The molecule has 5 rings (SSSR count). The highest BCUT2D eigenvalue weighted by Gasteiger charge is 2.52. The van der Waals surface area contributed by atoms with Crippen molar-refractivity contribution in [2.45, 2.75) is 75.7 Å². The van der Waals surface area contributed by atoms with Gasteiger partial charge in [0.1, 0.15) is 12.4 Å². The van der Waals surface area contributed by atoms with Crippen molar-refractivity contribution in [1.29, 1.82) is 0 Å². The first-order valence-electron chi connectivity index (χ1n) is 13.5. The second-order valence-corrected chi connectivity index (χ2v) is 11.0. The molecule has 4 aliphatic rings. The molecule has 0 amide bonds. The van der Waals surface area contributed by atoms with E-state index in [4.69, 9.17) is 33.2 Å². The van der Waals surface area contributed by atoms with Crippen LogP contribution in [0.4, 0.5) is 0 Å². The van der Waals surface area contributed by atoms with E-state index < -0.39 is 11.6 Å². The minimum Gasteiger partial charge on any atom is -0.497 e. The standard InChI is InChI=1S/C29H40O8/c1-3-16-32-26(30)23-8-12-28(13-9-23)34-18-27(19-35-28)20-36-29(37-21-27)14-10-25(11-15-29)33-17-22-4-6-24(31-2)7-5-22/h3-7,23,25H,1,8-21H2,2H3. The lowest BCUT2D eigenvalue weighted by molar-refractivity contribution is -0.378. The summed E-state index contributed by atoms with van der Waals surface area (Å²) in [7, 11) is 1.67. The van der Waals surface area contributed by atoms with Gasteiger partial charge in [-0.1, -0.05) is 24.8 Å². The first-order chi connectivity index (χ1) is 18.0. The van der Waals surface area contributed by atoms with Crippen LogP contribution in [-0.4, -0.2) is 63.8 Å². The van der Waals surface area contributed by atoms with E-state index >= 15 is 0 Å². The number of carbonyl (C=O) groups is 1. The van der Waals surface area contributed by atoms with Crippen LogP contribution in [0.25, 0.3) is 0 Å². The molecular formula is C29H40O8. The molecule has 0 bridgehead atoms. The Balaban J connectivity index is 1.03. The summed E-state index contributed by atoms with van der Waals surface area (Å²) in [5, 5.41) is 0. The smallest absolute Gasteiger partial charge is 0.309 e. The molecule has 3 spiro atoms. The van der Waals surface area contributed by atoms with E-state index in [1.807, 2.05) is 24.3 Å². The Kier molecular flexibility index (Phi) is 8.22. The third-order valence-electron chi connectivity index (χ3n) is 8.33. The summed E-state index contributed by atoms with van der Waals surface area (Å²) in [5.41, 5.74) is 0.863. The van der Waals surface area contributed by atoms with Gasteiger partial charge in [-0.15, -0.1) is 0 Å². The van der Waals surface area contributed by atoms with Crippen LogP contribution in [0.1, 0.15) is 56.9 Å². The number of methoxy groups -OCH3 is 1. The summed E-state index contributed by atoms with van der Waals surface area (Å²) in [6.07, 6.45) is 8.09. The van der Waals surface area contributed by atoms with Gasteiger partial charge in [-0.3, -0.25) is 4.79 Å². The summed E-state index contributed by atoms with van der Waals surface area (Å²) in [6, 6.07) is 8.00. The molecule has 1 aromatic rings. The molecule has 4 fully saturated rings. The number of carbonyl (C=O) groups excluding carboxylic acids is 1. The molecule has 8 nitrogen and oxygen atoms in total. The summed E-state index contributed by atoms with van der Waals surface area (Å²) < 4.78 is 42.0. The van der Waals surface area contributed by atoms with Crippen molar-refractivity contribution >= 4 is 5.97 Å². The summed E-state index contributed by atoms with van der Waals surface area (Å²) in [5.74, 6) is -0.517. The Morgan fingerprint density at radius 3 is 1.97 bits per heavy atom. The molecule has 204 valence electrons. The molecule has 0 unspecified atom stereocenters. The monoisotopic (exact) mass is 516 g/mol. The van der Waals surface area contributed by atoms with Gasteiger partial charge in [0, 0.05) is 25.7 Å². The zero-order chi connectivity index (χ0) is 25.8. The second-order valence-electron chi connectivity index (χ2n) is 11.0. The van der Waals surface area contributed by atoms with Gasteiger partial charge in [0.2, 0.25) is 0 Å². The first-order valence-corrected chi connectivity index (χ1v) is 13.5. The van der Waals surface area contributed by atoms with Gasteiger partial charge in [-0.05, 0) is 43.4 Å². The average molecular weight is 517 g/mol. The molecule has 2 aliphatic heterocycles. The average Bonchev–Trinajstić information content (AvgIpc) is 2.96. The predicted octanol–water partition coefficient (Wildman–Crippen LogP) is 4.55. The van der Waals surface area contributed by atoms with Crippen molar-refractivity contribution in [3.05, 3.63) is 42.5 Å². The molecule has 0 N–H and O–H groups in total. The highest BCUT2D eigenvalue weighted by atomic mass is 16.7. The van der Waals surface area contributed by atoms with E-state index in [-0.39, 0.29) is 30.0 Å². The maximum atomic E-state index is 12.2. The number of hydrogen-bond donors (Lipinski definition) is 0. The number of rotatable bonds is 7. The summed E-state index contributed by atoms with van der Waals surface area (Å²) in [4.78, 5) is 12.2. The van der Waals surface area contributed by atoms with Crippen molar-refractivity contribution in [2.24, 2.45) is 11.3 Å². The van der Waals surface area contributed by atoms with Gasteiger partial charge in [-0.2, -0.15) is 0 Å². The minimum atomic E-state index is -0.602. The molecular weight excluding hydrogens is 476 g/mol. The SMILES string of the molecule is C=CCOC(=O)C1CCC2(CC1)OCC1(COC3(CCC(OCc4ccc(OC)cc4)CC3)OC1)CO2. The molecule has 37 heavy (non-hydrogen) atoms. The number of ether oxygens (including phenoxy) is 7. The maximum Gasteiger partial charge on any atom is 0.309 e. The number of benzene rings is 1. The lowest BCUT2D eigenvalue weighted by Crippen LogP contribution is -2.60. The van der Waals surface area contributed by atoms with Gasteiger partial charge in [0.05, 0.1) is 57.6 Å². The van der Waals surface area contributed by atoms with E-state index in [1.165, 1.54) is 0 Å². The van der Waals surface area contributed by atoms with E-state index in [2.05, 4.69) is 6.58 Å². The summed E-state index contributed by atoms with van der Waals surface area (Å²) >= 11 is 0. The summed E-state index contributed by atoms with van der Waals surface area (Å²) in [6.45, 7) is 6.67. The van der Waals surface area contributed by atoms with Crippen LogP contribution in [0.5, 0.6) is 5.75 Å². The Morgan fingerprint density at radius 1 is 0.919 bits per heavy atom. The molecule has 2 saturated heterocycles. The first kappa shape index (κ1) is 26.6. The van der Waals surface area contributed by atoms with Crippen LogP contribution in [-0.2, 0) is 39.8 Å². The Hall–Kier alpha value is -1.97. The lowest BCUT2D eigenvalue weighted by atomic mass is 9.82. The Morgan fingerprint density at radius 2 is 1.46 bits per heavy atom. The van der Waals surface area contributed by atoms with Crippen LogP contribution >= 0.6 is 0 Å². The van der Waals surface area contributed by atoms with Crippen LogP contribution in [0.2, 0.25) is 0 Å². The lowest BCUT2D eigenvalue weighted by Gasteiger charge is -2.53. The van der Waals surface area contributed by atoms with Gasteiger partial charge >= 0.3 is 5.97 Å². The molecule has 0 aromatic heterocycles. The van der Waals surface area contributed by atoms with Crippen molar-refractivity contribution in [3.8, 4) is 5.75 Å². The molecule has 1 aromatic carbocycles. The van der Waals surface area contributed by atoms with Gasteiger partial charge < -0.3 is 33.2 Å². The van der Waals surface area contributed by atoms with E-state index in [0.717, 1.165) is 37.0 Å². The third-order valence-corrected chi connectivity index (χ3v) is 8.33. The fourth-order valence-corrected chi connectivity index (χ4v) is 5.74. The molecule has 8 heteroatoms. The van der Waals surface area contributed by atoms with Gasteiger partial charge in [0.15, 0.2) is 11.6 Å². The van der Waals surface area contributed by atoms with Crippen LogP contribution < -0.4 is 4.74 Å². The van der Waals surface area contributed by atoms with Crippen molar-refractivity contribution in [3.63, 3.8) is 0 Å². The van der Waals surface area contributed by atoms with Crippen LogP contribution in [0.3, 0.4) is 0 Å². The van der Waals surface area contributed by atoms with Crippen molar-refractivity contribution in [1.82, 2.24) is 0 Å². The highest BCUT2D eigenvalue weighted by molar-refractivity contribution is 5.72. The fraction of sp³-hybridized carbons (Fsp3) is 0.690. The fourth-order valence-electron chi connectivity index (χ4n) is 5.74. The Bertz CT molecular complexity index is 890. The normalized spacial score (nSPS) is 35.9. The van der Waals surface area contributed by atoms with Crippen molar-refractivity contribution in [2.75, 3.05) is 40.1 Å². The molecule has 0 atom stereocenters. The molecule has 2 aliphatic carbocycles. The zero-order valence-corrected chi connectivity index (χ0v) is 21.9. The Labute approximate surface area is 219 Å². The van der Waals surface area contributed by atoms with Crippen LogP contribution in [0, 0.1) is 11.3 Å².